The molecule has 16 heteroatoms. The van der Waals surface area contributed by atoms with Crippen LogP contribution in [0.1, 0.15) is 119 Å². The first kappa shape index (κ1) is 58.4. The van der Waals surface area contributed by atoms with Crippen LogP contribution < -0.4 is 21.3 Å². The molecule has 7 rings (SSSR count). The number of anilines is 4. The minimum absolute atomic E-state index is 0.0616. The highest BCUT2D eigenvalue weighted by molar-refractivity contribution is 5.93. The average Bonchev–Trinajstić information content (AvgIpc) is 3.89. The molecule has 0 spiro atoms. The van der Waals surface area contributed by atoms with Crippen molar-refractivity contribution in [2.24, 2.45) is 0 Å². The Labute approximate surface area is 431 Å². The molecule has 0 radical (unpaired) electrons. The van der Waals surface area contributed by atoms with Crippen molar-refractivity contribution in [3.63, 3.8) is 0 Å². The molecule has 3 aliphatic heterocycles. The monoisotopic (exact) mass is 991 g/mol. The third kappa shape index (κ3) is 18.8. The maximum atomic E-state index is 12.1. The number of aryl methyl sites for hydroxylation is 8. The number of nitrogens with one attached hydrogen (secondary N) is 4. The fourth-order valence-corrected chi connectivity index (χ4v) is 8.77. The van der Waals surface area contributed by atoms with E-state index >= 15 is 0 Å². The summed E-state index contributed by atoms with van der Waals surface area (Å²) < 4.78 is 0. The molecule has 72 heavy (non-hydrogen) atoms. The number of likely N-dealkylation sites (tertiary alicyclic amines) is 3. The molecule has 3 aliphatic rings. The molecule has 7 heterocycles. The number of likely N-dealkylation sites (N-methyl/N-ethyl adjacent to an activating group) is 1. The second-order valence-electron chi connectivity index (χ2n) is 19.8. The Morgan fingerprint density at radius 1 is 0.444 bits per heavy atom. The maximum absolute atomic E-state index is 12.1. The van der Waals surface area contributed by atoms with Crippen LogP contribution in [0, 0.1) is 83.1 Å². The van der Waals surface area contributed by atoms with Crippen molar-refractivity contribution in [3.05, 3.63) is 92.1 Å². The van der Waals surface area contributed by atoms with Crippen LogP contribution in [-0.4, -0.2) is 143 Å². The zero-order valence-corrected chi connectivity index (χ0v) is 46.2. The number of pyridine rings is 4. The zero-order valence-electron chi connectivity index (χ0n) is 46.2. The van der Waals surface area contributed by atoms with Crippen LogP contribution in [0.3, 0.4) is 0 Å². The summed E-state index contributed by atoms with van der Waals surface area (Å²) in [5.74, 6) is 0.534. The summed E-state index contributed by atoms with van der Waals surface area (Å²) in [4.78, 5) is 72.9. The molecule has 0 atom stereocenters. The number of rotatable bonds is 12. The number of hydrogen-bond acceptors (Lipinski definition) is 12. The van der Waals surface area contributed by atoms with Crippen LogP contribution in [0.15, 0.2) is 24.3 Å². The number of hydrogen-bond donors (Lipinski definition) is 4. The number of carbonyl (C=O) groups is 4. The number of nitrogens with zero attached hydrogens (tertiary/aromatic N) is 8. The third-order valence-electron chi connectivity index (χ3n) is 13.6. The molecule has 4 N–H and O–H groups in total. The van der Waals surface area contributed by atoms with Crippen molar-refractivity contribution in [2.75, 3.05) is 101 Å². The number of aromatic nitrogens is 4. The minimum Gasteiger partial charge on any atom is -0.376 e. The lowest BCUT2D eigenvalue weighted by Gasteiger charge is -2.27. The molecule has 0 saturated carbocycles. The lowest BCUT2D eigenvalue weighted by atomic mass is 10.1. The molecular weight excluding hydrogens is 905 g/mol. The van der Waals surface area contributed by atoms with Gasteiger partial charge in [0.25, 0.3) is 0 Å². The summed E-state index contributed by atoms with van der Waals surface area (Å²) >= 11 is 0. The van der Waals surface area contributed by atoms with Crippen LogP contribution in [-0.2, 0) is 19.2 Å². The van der Waals surface area contributed by atoms with Gasteiger partial charge in [0, 0.05) is 109 Å². The molecule has 394 valence electrons. The summed E-state index contributed by atoms with van der Waals surface area (Å²) in [5.41, 5.74) is 16.2. The zero-order chi connectivity index (χ0) is 53.1. The number of amides is 4. The van der Waals surface area contributed by atoms with Gasteiger partial charge in [0.15, 0.2) is 0 Å². The van der Waals surface area contributed by atoms with E-state index in [4.69, 9.17) is 0 Å². The predicted molar refractivity (Wildman–Crippen MR) is 293 cm³/mol. The molecule has 0 aromatic carbocycles. The topological polar surface area (TPSA) is 181 Å². The van der Waals surface area contributed by atoms with Gasteiger partial charge in [-0.25, -0.2) is 0 Å². The van der Waals surface area contributed by atoms with E-state index < -0.39 is 0 Å². The fourth-order valence-electron chi connectivity index (χ4n) is 8.77. The van der Waals surface area contributed by atoms with Gasteiger partial charge in [-0.1, -0.05) is 6.42 Å². The first-order valence-corrected chi connectivity index (χ1v) is 25.9. The minimum atomic E-state index is 0.0616. The lowest BCUT2D eigenvalue weighted by Crippen LogP contribution is -2.39. The van der Waals surface area contributed by atoms with Gasteiger partial charge < -0.3 is 36.0 Å². The standard InChI is InChI=1S/2C15H23N3O.C14H21N3O.C12H19N3O/c1-11-9-14(12(2)13(3)16-11)17-15(19)10-18-7-5-4-6-8-18;1-11-9-14(12(2)13(3)17-11)16-10-15(19)18-7-5-4-6-8-18;1-10-8-13(11(2)12(3)16-10)15-9-14(18)17-6-4-5-7-17;1-8-6-11(9(2)10(3)14-8)13-7-12(16)15(4)5/h9H,4-8,10H2,1-3H3,(H,16,17,19);9H,4-8,10H2,1-3H3,(H,16,17);8H,4-7,9H2,1-3H3,(H,15,16);6H,7H2,1-5H3,(H,13,14). The lowest BCUT2D eigenvalue weighted by molar-refractivity contribution is -0.130. The number of carbonyl (C=O) groups excluding carboxylic acids is 4. The van der Waals surface area contributed by atoms with E-state index in [1.165, 1.54) is 25.7 Å². The van der Waals surface area contributed by atoms with E-state index in [9.17, 15) is 19.2 Å². The van der Waals surface area contributed by atoms with Gasteiger partial charge in [0.2, 0.25) is 23.6 Å². The van der Waals surface area contributed by atoms with E-state index in [0.717, 1.165) is 156 Å². The van der Waals surface area contributed by atoms with Gasteiger partial charge in [-0.15, -0.1) is 0 Å². The Morgan fingerprint density at radius 2 is 0.750 bits per heavy atom. The Kier molecular flexibility index (Phi) is 23.3. The molecule has 3 saturated heterocycles. The molecule has 4 amide bonds. The van der Waals surface area contributed by atoms with Crippen molar-refractivity contribution < 1.29 is 19.2 Å². The van der Waals surface area contributed by atoms with Gasteiger partial charge in [-0.2, -0.15) is 0 Å². The highest BCUT2D eigenvalue weighted by atomic mass is 16.2. The molecule has 0 unspecified atom stereocenters. The van der Waals surface area contributed by atoms with E-state index in [1.54, 1.807) is 19.0 Å². The number of piperidine rings is 2. The van der Waals surface area contributed by atoms with Crippen LogP contribution in [0.4, 0.5) is 22.7 Å². The highest BCUT2D eigenvalue weighted by Gasteiger charge is 2.19. The van der Waals surface area contributed by atoms with Crippen molar-refractivity contribution in [3.8, 4) is 0 Å². The quantitative estimate of drug-likeness (QED) is 0.107. The largest absolute Gasteiger partial charge is 0.376 e. The van der Waals surface area contributed by atoms with E-state index in [2.05, 4.69) is 46.1 Å². The van der Waals surface area contributed by atoms with Gasteiger partial charge in [-0.05, 0) is 188 Å². The second kappa shape index (κ2) is 28.8. The van der Waals surface area contributed by atoms with Crippen LogP contribution in [0.25, 0.3) is 0 Å². The second-order valence-corrected chi connectivity index (χ2v) is 19.8. The van der Waals surface area contributed by atoms with Gasteiger partial charge in [-0.3, -0.25) is 44.0 Å². The Bertz CT molecular complexity index is 2450. The van der Waals surface area contributed by atoms with Crippen molar-refractivity contribution in [1.82, 2.24) is 39.5 Å². The maximum Gasteiger partial charge on any atom is 0.241 e. The molecule has 16 nitrogen and oxygen atoms in total. The summed E-state index contributed by atoms with van der Waals surface area (Å²) in [6, 6.07) is 7.91. The Hall–Kier alpha value is -6.16. The molecule has 0 aliphatic carbocycles. The average molecular weight is 991 g/mol. The third-order valence-corrected chi connectivity index (χ3v) is 13.6. The fraction of sp³-hybridized carbons (Fsp3) is 0.571. The summed E-state index contributed by atoms with van der Waals surface area (Å²) in [7, 11) is 3.50. The van der Waals surface area contributed by atoms with Crippen LogP contribution in [0.2, 0.25) is 0 Å². The molecule has 3 fully saturated rings. The predicted octanol–water partition coefficient (Wildman–Crippen LogP) is 8.41. The molecule has 4 aromatic rings. The van der Waals surface area contributed by atoms with Gasteiger partial charge in [0.05, 0.1) is 26.2 Å². The first-order chi connectivity index (χ1) is 34.1. The van der Waals surface area contributed by atoms with Gasteiger partial charge in [0.1, 0.15) is 0 Å². The van der Waals surface area contributed by atoms with Crippen molar-refractivity contribution >= 4 is 46.4 Å². The summed E-state index contributed by atoms with van der Waals surface area (Å²) in [5, 5.41) is 12.7. The van der Waals surface area contributed by atoms with Gasteiger partial charge >= 0.3 is 0 Å². The Balaban J connectivity index is 0.000000209. The van der Waals surface area contributed by atoms with E-state index in [1.807, 2.05) is 117 Å². The van der Waals surface area contributed by atoms with Crippen LogP contribution >= 0.6 is 0 Å². The van der Waals surface area contributed by atoms with Crippen LogP contribution in [0.5, 0.6) is 0 Å². The summed E-state index contributed by atoms with van der Waals surface area (Å²) in [6.45, 7) is 31.2. The highest BCUT2D eigenvalue weighted by Crippen LogP contribution is 2.22. The first-order valence-electron chi connectivity index (χ1n) is 25.9. The normalized spacial score (nSPS) is 14.4. The molecule has 4 aromatic heterocycles. The Morgan fingerprint density at radius 3 is 1.11 bits per heavy atom. The smallest absolute Gasteiger partial charge is 0.241 e. The van der Waals surface area contributed by atoms with Crippen molar-refractivity contribution in [1.29, 1.82) is 0 Å². The van der Waals surface area contributed by atoms with E-state index in [0.29, 0.717) is 26.2 Å². The molecule has 0 bridgehead atoms. The summed E-state index contributed by atoms with van der Waals surface area (Å²) in [6.07, 6.45) is 9.51. The SMILES string of the molecule is Cc1cc(NC(=O)CN2CCCCC2)c(C)c(C)n1.Cc1cc(NCC(=O)N(C)C)c(C)c(C)n1.Cc1cc(NCC(=O)N2CCCC2)c(C)c(C)n1.Cc1cc(NCC(=O)N2CCCCC2)c(C)c(C)n1. The molecular formula is C56H86N12O4. The van der Waals surface area contributed by atoms with Crippen molar-refractivity contribution in [2.45, 2.75) is 134 Å². The van der Waals surface area contributed by atoms with E-state index in [-0.39, 0.29) is 23.6 Å².